The Hall–Kier alpha value is -3.66. The Kier molecular flexibility index (Phi) is 12.8. The van der Waals surface area contributed by atoms with Crippen LogP contribution >= 0.6 is 0 Å². The highest BCUT2D eigenvalue weighted by Gasteiger charge is 2.16. The average Bonchev–Trinajstić information content (AvgIpc) is 3.23. The fourth-order valence-electron chi connectivity index (χ4n) is 3.30. The molecule has 3 rings (SSSR count). The molecule has 0 fully saturated rings. The number of guanidine groups is 1. The Balaban J connectivity index is 0.00000145. The highest BCUT2D eigenvalue weighted by atomic mass is 16.5. The monoisotopic (exact) mass is 485 g/mol. The van der Waals surface area contributed by atoms with Gasteiger partial charge in [-0.2, -0.15) is 4.98 Å². The van der Waals surface area contributed by atoms with Crippen molar-refractivity contribution in [2.75, 3.05) is 20.2 Å². The molecule has 35 heavy (non-hydrogen) atoms. The molecule has 0 aliphatic carbocycles. The van der Waals surface area contributed by atoms with Gasteiger partial charge in [-0.1, -0.05) is 39.8 Å². The lowest BCUT2D eigenvalue weighted by atomic mass is 10.0. The van der Waals surface area contributed by atoms with Crippen LogP contribution in [0.25, 0.3) is 16.7 Å². The smallest absolute Gasteiger partial charge is 0.354 e. The first-order valence-corrected chi connectivity index (χ1v) is 11.9. The van der Waals surface area contributed by atoms with E-state index in [1.54, 1.807) is 6.20 Å². The van der Waals surface area contributed by atoms with Gasteiger partial charge in [-0.15, -0.1) is 0 Å². The van der Waals surface area contributed by atoms with E-state index < -0.39 is 0 Å². The largest absolute Gasteiger partial charge is 0.469 e. The minimum Gasteiger partial charge on any atom is -0.469 e. The van der Waals surface area contributed by atoms with Crippen molar-refractivity contribution in [3.8, 4) is 5.69 Å². The minimum atomic E-state index is -0.369. The molecule has 3 aromatic rings. The summed E-state index contributed by atoms with van der Waals surface area (Å²) in [7, 11) is 1.36. The number of hydrogen-bond donors (Lipinski definition) is 4. The van der Waals surface area contributed by atoms with Crippen molar-refractivity contribution in [1.29, 1.82) is 0 Å². The SMILES string of the molecule is CC.CC.COC(=O)C[C@H](NCCCN=C(N)N)c1ccc(-n2cc3cc(C)[nH]c3nc2=O)cc1. The number of carbonyl (C=O) groups is 1. The molecule has 0 spiro atoms. The fraction of sp³-hybridized carbons (Fsp3) is 0.440. The van der Waals surface area contributed by atoms with Crippen molar-refractivity contribution < 1.29 is 9.53 Å². The molecule has 0 unspecified atom stereocenters. The number of benzene rings is 1. The van der Waals surface area contributed by atoms with E-state index in [4.69, 9.17) is 16.2 Å². The molecule has 192 valence electrons. The first-order valence-electron chi connectivity index (χ1n) is 11.9. The summed E-state index contributed by atoms with van der Waals surface area (Å²) in [5, 5.41) is 4.19. The number of fused-ring (bicyclic) bond motifs is 1. The molecule has 10 nitrogen and oxygen atoms in total. The molecule has 0 amide bonds. The van der Waals surface area contributed by atoms with Crippen LogP contribution in [0.1, 0.15) is 57.8 Å². The summed E-state index contributed by atoms with van der Waals surface area (Å²) in [6, 6.07) is 9.11. The second-order valence-electron chi connectivity index (χ2n) is 7.19. The van der Waals surface area contributed by atoms with Gasteiger partial charge in [-0.05, 0) is 43.7 Å². The van der Waals surface area contributed by atoms with Crippen LogP contribution in [0.5, 0.6) is 0 Å². The summed E-state index contributed by atoms with van der Waals surface area (Å²) in [6.07, 6.45) is 2.65. The van der Waals surface area contributed by atoms with Crippen LogP contribution in [0.2, 0.25) is 0 Å². The van der Waals surface area contributed by atoms with E-state index in [1.165, 1.54) is 11.7 Å². The Morgan fingerprint density at radius 1 is 1.20 bits per heavy atom. The molecule has 0 bridgehead atoms. The summed E-state index contributed by atoms with van der Waals surface area (Å²) < 4.78 is 6.32. The molecule has 1 atom stereocenters. The van der Waals surface area contributed by atoms with Gasteiger partial charge in [0.1, 0.15) is 5.65 Å². The zero-order valence-corrected chi connectivity index (χ0v) is 21.6. The van der Waals surface area contributed by atoms with Crippen LogP contribution < -0.4 is 22.5 Å². The number of aromatic nitrogens is 3. The number of carbonyl (C=O) groups excluding carboxylic acids is 1. The molecular weight excluding hydrogens is 446 g/mol. The van der Waals surface area contributed by atoms with Gasteiger partial charge in [0, 0.05) is 29.9 Å². The van der Waals surface area contributed by atoms with Gasteiger partial charge >= 0.3 is 11.7 Å². The van der Waals surface area contributed by atoms with Crippen LogP contribution in [0.15, 0.2) is 46.3 Å². The first-order chi connectivity index (χ1) is 16.9. The molecule has 1 aromatic carbocycles. The maximum Gasteiger partial charge on any atom is 0.354 e. The van der Waals surface area contributed by atoms with E-state index >= 15 is 0 Å². The molecule has 2 heterocycles. The predicted molar refractivity (Wildman–Crippen MR) is 142 cm³/mol. The number of nitrogens with two attached hydrogens (primary N) is 2. The highest BCUT2D eigenvalue weighted by molar-refractivity contribution is 5.76. The van der Waals surface area contributed by atoms with E-state index in [-0.39, 0.29) is 30.1 Å². The van der Waals surface area contributed by atoms with Crippen LogP contribution in [0.3, 0.4) is 0 Å². The van der Waals surface area contributed by atoms with Crippen molar-refractivity contribution >= 4 is 23.0 Å². The van der Waals surface area contributed by atoms with Crippen molar-refractivity contribution in [2.45, 2.75) is 53.5 Å². The number of esters is 1. The Bertz CT molecular complexity index is 1130. The lowest BCUT2D eigenvalue weighted by molar-refractivity contribution is -0.141. The van der Waals surface area contributed by atoms with Crippen LogP contribution in [0, 0.1) is 6.92 Å². The van der Waals surface area contributed by atoms with Crippen molar-refractivity contribution in [3.05, 3.63) is 58.3 Å². The third-order valence-corrected chi connectivity index (χ3v) is 4.83. The number of H-pyrrole nitrogens is 1. The van der Waals surface area contributed by atoms with Gasteiger partial charge in [0.05, 0.1) is 19.2 Å². The van der Waals surface area contributed by atoms with Gasteiger partial charge < -0.3 is 26.5 Å². The quantitative estimate of drug-likeness (QED) is 0.157. The Labute approximate surface area is 206 Å². The molecule has 0 saturated carbocycles. The number of aromatic amines is 1. The van der Waals surface area contributed by atoms with Crippen LogP contribution in [0.4, 0.5) is 0 Å². The number of ether oxygens (including phenoxy) is 1. The number of aryl methyl sites for hydroxylation is 1. The van der Waals surface area contributed by atoms with E-state index in [0.29, 0.717) is 30.8 Å². The standard InChI is InChI=1S/C21H27N7O3.2C2H6/c1-13-10-15-12-28(21(30)27-19(15)26-13)16-6-4-14(5-7-16)17(11-18(29)31-2)24-8-3-9-25-20(22)23;2*1-2/h4-7,10,12,17,24H,3,8-9,11H2,1-2H3,(H4,22,23,25)(H,26,27,30);2*1-2H3/t17-;;/m0../s1. The number of aliphatic imine (C=N–C) groups is 1. The summed E-state index contributed by atoms with van der Waals surface area (Å²) in [5.41, 5.74) is 13.4. The molecule has 6 N–H and O–H groups in total. The Morgan fingerprint density at radius 3 is 2.46 bits per heavy atom. The van der Waals surface area contributed by atoms with Gasteiger partial charge in [0.15, 0.2) is 5.96 Å². The van der Waals surface area contributed by atoms with E-state index in [1.807, 2.05) is 65.0 Å². The molecule has 0 aliphatic rings. The summed E-state index contributed by atoms with van der Waals surface area (Å²) >= 11 is 0. The highest BCUT2D eigenvalue weighted by Crippen LogP contribution is 2.20. The zero-order chi connectivity index (χ0) is 26.4. The van der Waals surface area contributed by atoms with Crippen molar-refractivity contribution in [1.82, 2.24) is 19.9 Å². The summed E-state index contributed by atoms with van der Waals surface area (Å²) in [5.74, 6) is -0.265. The molecule has 2 aromatic heterocycles. The molecular formula is C25H39N7O3. The third-order valence-electron chi connectivity index (χ3n) is 4.83. The normalized spacial score (nSPS) is 10.9. The number of nitrogens with zero attached hydrogens (tertiary/aromatic N) is 3. The van der Waals surface area contributed by atoms with Crippen LogP contribution in [-0.4, -0.2) is 46.7 Å². The minimum absolute atomic E-state index is 0.0550. The molecule has 0 aliphatic heterocycles. The number of nitrogens with one attached hydrogen (secondary N) is 2. The topological polar surface area (TPSA) is 153 Å². The summed E-state index contributed by atoms with van der Waals surface area (Å²) in [4.78, 5) is 35.4. The summed E-state index contributed by atoms with van der Waals surface area (Å²) in [6.45, 7) is 11.0. The molecule has 0 radical (unpaired) electrons. The van der Waals surface area contributed by atoms with Gasteiger partial charge in [-0.3, -0.25) is 14.4 Å². The second kappa shape index (κ2) is 15.3. The number of methoxy groups -OCH3 is 1. The van der Waals surface area contributed by atoms with Crippen molar-refractivity contribution in [3.63, 3.8) is 0 Å². The first kappa shape index (κ1) is 29.4. The zero-order valence-electron chi connectivity index (χ0n) is 21.6. The van der Waals surface area contributed by atoms with Crippen molar-refractivity contribution in [2.24, 2.45) is 16.5 Å². The van der Waals surface area contributed by atoms with E-state index in [2.05, 4.69) is 20.3 Å². The average molecular weight is 486 g/mol. The van der Waals surface area contributed by atoms with E-state index in [9.17, 15) is 9.59 Å². The lowest BCUT2D eigenvalue weighted by Crippen LogP contribution is -2.27. The number of hydrogen-bond acceptors (Lipinski definition) is 6. The molecule has 10 heteroatoms. The van der Waals surface area contributed by atoms with Gasteiger partial charge in [0.25, 0.3) is 0 Å². The van der Waals surface area contributed by atoms with Gasteiger partial charge in [0.2, 0.25) is 0 Å². The van der Waals surface area contributed by atoms with Gasteiger partial charge in [-0.25, -0.2) is 4.79 Å². The second-order valence-corrected chi connectivity index (χ2v) is 7.19. The Morgan fingerprint density at radius 2 is 1.86 bits per heavy atom. The molecule has 0 saturated heterocycles. The lowest BCUT2D eigenvalue weighted by Gasteiger charge is -2.18. The third kappa shape index (κ3) is 8.90. The van der Waals surface area contributed by atoms with Crippen LogP contribution in [-0.2, 0) is 9.53 Å². The predicted octanol–water partition coefficient (Wildman–Crippen LogP) is 2.93. The maximum atomic E-state index is 12.4. The number of rotatable bonds is 9. The van der Waals surface area contributed by atoms with E-state index in [0.717, 1.165) is 16.6 Å². The fourth-order valence-corrected chi connectivity index (χ4v) is 3.30. The maximum absolute atomic E-state index is 12.4.